The SMILES string of the molecule is COc1cccc(/C=C2/Sc3ccc(C(=O)NC(C)CCc4ccccc4)cc3NC2=O)c1. The van der Waals surface area contributed by atoms with Gasteiger partial charge in [-0.25, -0.2) is 0 Å². The van der Waals surface area contributed by atoms with Crippen LogP contribution in [0.3, 0.4) is 0 Å². The number of benzene rings is 3. The second kappa shape index (κ2) is 10.4. The average molecular weight is 459 g/mol. The third-order valence-electron chi connectivity index (χ3n) is 5.41. The summed E-state index contributed by atoms with van der Waals surface area (Å²) in [5.41, 5.74) is 3.32. The lowest BCUT2D eigenvalue weighted by atomic mass is 10.1. The van der Waals surface area contributed by atoms with Gasteiger partial charge < -0.3 is 15.4 Å². The first-order valence-corrected chi connectivity index (χ1v) is 11.7. The molecule has 0 aromatic heterocycles. The molecular formula is C27H26N2O3S. The van der Waals surface area contributed by atoms with Crippen LogP contribution in [0.25, 0.3) is 6.08 Å². The highest BCUT2D eigenvalue weighted by Gasteiger charge is 2.22. The van der Waals surface area contributed by atoms with E-state index in [9.17, 15) is 9.59 Å². The maximum atomic E-state index is 12.7. The molecule has 0 spiro atoms. The van der Waals surface area contributed by atoms with E-state index in [4.69, 9.17) is 4.74 Å². The van der Waals surface area contributed by atoms with E-state index in [0.717, 1.165) is 29.1 Å². The van der Waals surface area contributed by atoms with Crippen LogP contribution in [0, 0.1) is 0 Å². The molecule has 0 fully saturated rings. The van der Waals surface area contributed by atoms with E-state index >= 15 is 0 Å². The van der Waals surface area contributed by atoms with Gasteiger partial charge in [0.25, 0.3) is 11.8 Å². The largest absolute Gasteiger partial charge is 0.497 e. The lowest BCUT2D eigenvalue weighted by molar-refractivity contribution is -0.112. The van der Waals surface area contributed by atoms with E-state index in [1.165, 1.54) is 17.3 Å². The summed E-state index contributed by atoms with van der Waals surface area (Å²) in [7, 11) is 1.61. The molecule has 2 amide bonds. The maximum absolute atomic E-state index is 12.7. The number of rotatable bonds is 7. The molecule has 1 heterocycles. The molecule has 0 bridgehead atoms. The first-order chi connectivity index (χ1) is 16.0. The van der Waals surface area contributed by atoms with Crippen molar-refractivity contribution in [2.75, 3.05) is 12.4 Å². The number of carbonyl (C=O) groups excluding carboxylic acids is 2. The van der Waals surface area contributed by atoms with Gasteiger partial charge in [0.15, 0.2) is 0 Å². The van der Waals surface area contributed by atoms with Crippen molar-refractivity contribution in [3.8, 4) is 5.75 Å². The summed E-state index contributed by atoms with van der Waals surface area (Å²) in [6.45, 7) is 2.01. The molecule has 5 nitrogen and oxygen atoms in total. The standard InChI is InChI=1S/C27H26N2O3S/c1-18(11-12-19-7-4-3-5-8-19)28-26(30)21-13-14-24-23(17-21)29-27(31)25(33-24)16-20-9-6-10-22(15-20)32-2/h3-10,13-18H,11-12H2,1-2H3,(H,28,30)(H,29,31)/b25-16+. The molecule has 33 heavy (non-hydrogen) atoms. The Morgan fingerprint density at radius 2 is 1.91 bits per heavy atom. The van der Waals surface area contributed by atoms with Crippen LogP contribution in [0.4, 0.5) is 5.69 Å². The Kier molecular flexibility index (Phi) is 7.15. The van der Waals surface area contributed by atoms with Gasteiger partial charge in [-0.1, -0.05) is 54.2 Å². The van der Waals surface area contributed by atoms with Gasteiger partial charge in [0.2, 0.25) is 0 Å². The van der Waals surface area contributed by atoms with E-state index in [1.54, 1.807) is 19.2 Å². The Balaban J connectivity index is 1.41. The molecule has 6 heteroatoms. The predicted molar refractivity (Wildman–Crippen MR) is 134 cm³/mol. The van der Waals surface area contributed by atoms with E-state index < -0.39 is 0 Å². The van der Waals surface area contributed by atoms with E-state index in [0.29, 0.717) is 16.2 Å². The summed E-state index contributed by atoms with van der Waals surface area (Å²) in [4.78, 5) is 26.9. The van der Waals surface area contributed by atoms with Crippen molar-refractivity contribution in [3.05, 3.63) is 94.4 Å². The summed E-state index contributed by atoms with van der Waals surface area (Å²) < 4.78 is 5.25. The second-order valence-corrected chi connectivity index (χ2v) is 9.03. The molecule has 1 aliphatic heterocycles. The van der Waals surface area contributed by atoms with Gasteiger partial charge in [0.05, 0.1) is 17.7 Å². The molecule has 0 saturated carbocycles. The van der Waals surface area contributed by atoms with Crippen LogP contribution in [0.5, 0.6) is 5.75 Å². The van der Waals surface area contributed by atoms with Gasteiger partial charge in [-0.2, -0.15) is 0 Å². The van der Waals surface area contributed by atoms with Crippen molar-refractivity contribution in [2.45, 2.75) is 30.7 Å². The van der Waals surface area contributed by atoms with E-state index in [1.807, 2.05) is 61.5 Å². The van der Waals surface area contributed by atoms with Crippen molar-refractivity contribution >= 4 is 35.3 Å². The van der Waals surface area contributed by atoms with Gasteiger partial charge >= 0.3 is 0 Å². The number of fused-ring (bicyclic) bond motifs is 1. The number of thioether (sulfide) groups is 1. The van der Waals surface area contributed by atoms with Crippen molar-refractivity contribution < 1.29 is 14.3 Å². The van der Waals surface area contributed by atoms with Crippen LogP contribution in [0.1, 0.15) is 34.8 Å². The van der Waals surface area contributed by atoms with Crippen LogP contribution < -0.4 is 15.4 Å². The molecule has 1 atom stereocenters. The van der Waals surface area contributed by atoms with Gasteiger partial charge in [0, 0.05) is 16.5 Å². The summed E-state index contributed by atoms with van der Waals surface area (Å²) in [6, 6.07) is 23.2. The van der Waals surface area contributed by atoms with Crippen LogP contribution in [0.15, 0.2) is 82.6 Å². The summed E-state index contributed by atoms with van der Waals surface area (Å²) in [6.07, 6.45) is 3.59. The summed E-state index contributed by atoms with van der Waals surface area (Å²) in [5.74, 6) is 0.402. The normalized spacial score (nSPS) is 14.8. The van der Waals surface area contributed by atoms with Crippen molar-refractivity contribution in [2.24, 2.45) is 0 Å². The fourth-order valence-corrected chi connectivity index (χ4v) is 4.52. The Labute approximate surface area is 198 Å². The first kappa shape index (κ1) is 22.7. The van der Waals surface area contributed by atoms with Gasteiger partial charge in [-0.15, -0.1) is 0 Å². The third kappa shape index (κ3) is 5.84. The molecule has 2 N–H and O–H groups in total. The first-order valence-electron chi connectivity index (χ1n) is 10.9. The van der Waals surface area contributed by atoms with Crippen LogP contribution in [-0.2, 0) is 11.2 Å². The minimum Gasteiger partial charge on any atom is -0.497 e. The minimum absolute atomic E-state index is 0.0371. The lowest BCUT2D eigenvalue weighted by Gasteiger charge is -2.20. The molecule has 1 unspecified atom stereocenters. The van der Waals surface area contributed by atoms with E-state index in [2.05, 4.69) is 22.8 Å². The van der Waals surface area contributed by atoms with Gasteiger partial charge in [-0.05, 0) is 67.3 Å². The van der Waals surface area contributed by atoms with Crippen LogP contribution in [0.2, 0.25) is 0 Å². The fourth-order valence-electron chi connectivity index (χ4n) is 3.59. The predicted octanol–water partition coefficient (Wildman–Crippen LogP) is 5.53. The molecule has 0 aliphatic carbocycles. The maximum Gasteiger partial charge on any atom is 0.262 e. The number of hydrogen-bond acceptors (Lipinski definition) is 4. The highest BCUT2D eigenvalue weighted by atomic mass is 32.2. The molecule has 4 rings (SSSR count). The zero-order valence-electron chi connectivity index (χ0n) is 18.6. The molecular weight excluding hydrogens is 432 g/mol. The molecule has 0 saturated heterocycles. The topological polar surface area (TPSA) is 67.4 Å². The molecule has 3 aromatic carbocycles. The number of amides is 2. The summed E-state index contributed by atoms with van der Waals surface area (Å²) in [5, 5.41) is 5.97. The quantitative estimate of drug-likeness (QED) is 0.457. The monoisotopic (exact) mass is 458 g/mol. The second-order valence-electron chi connectivity index (χ2n) is 7.95. The Morgan fingerprint density at radius 3 is 2.70 bits per heavy atom. The van der Waals surface area contributed by atoms with Gasteiger partial charge in [0.1, 0.15) is 5.75 Å². The number of hydrogen-bond donors (Lipinski definition) is 2. The number of nitrogens with one attached hydrogen (secondary N) is 2. The minimum atomic E-state index is -0.191. The Bertz CT molecular complexity index is 1190. The zero-order valence-corrected chi connectivity index (χ0v) is 19.4. The number of aryl methyl sites for hydroxylation is 1. The highest BCUT2D eigenvalue weighted by molar-refractivity contribution is 8.04. The van der Waals surface area contributed by atoms with E-state index in [-0.39, 0.29) is 17.9 Å². The van der Waals surface area contributed by atoms with Crippen molar-refractivity contribution in [3.63, 3.8) is 0 Å². The van der Waals surface area contributed by atoms with Crippen molar-refractivity contribution in [1.29, 1.82) is 0 Å². The van der Waals surface area contributed by atoms with Crippen LogP contribution >= 0.6 is 11.8 Å². The zero-order chi connectivity index (χ0) is 23.2. The molecule has 0 radical (unpaired) electrons. The summed E-state index contributed by atoms with van der Waals surface area (Å²) >= 11 is 1.39. The number of ether oxygens (including phenoxy) is 1. The van der Waals surface area contributed by atoms with Gasteiger partial charge in [-0.3, -0.25) is 9.59 Å². The molecule has 3 aromatic rings. The third-order valence-corrected chi connectivity index (χ3v) is 6.51. The van der Waals surface area contributed by atoms with Crippen LogP contribution in [-0.4, -0.2) is 25.0 Å². The molecule has 1 aliphatic rings. The number of carbonyl (C=O) groups is 2. The number of methoxy groups -OCH3 is 1. The highest BCUT2D eigenvalue weighted by Crippen LogP contribution is 2.39. The lowest BCUT2D eigenvalue weighted by Crippen LogP contribution is -2.33. The smallest absolute Gasteiger partial charge is 0.262 e. The number of anilines is 1. The average Bonchev–Trinajstić information content (AvgIpc) is 2.83. The fraction of sp³-hybridized carbons (Fsp3) is 0.185. The Hall–Kier alpha value is -3.51. The van der Waals surface area contributed by atoms with Crippen molar-refractivity contribution in [1.82, 2.24) is 5.32 Å². The Morgan fingerprint density at radius 1 is 1.09 bits per heavy atom. The molecule has 168 valence electrons.